The Morgan fingerprint density at radius 2 is 1.88 bits per heavy atom. The molecule has 1 nitrogen and oxygen atoms in total. The van der Waals surface area contributed by atoms with Crippen LogP contribution in [0.4, 0.5) is 0 Å². The third kappa shape index (κ3) is 5.42. The van der Waals surface area contributed by atoms with Crippen LogP contribution < -0.4 is 0 Å². The predicted octanol–water partition coefficient (Wildman–Crippen LogP) is 4.92. The maximum absolute atomic E-state index is 10.5. The van der Waals surface area contributed by atoms with Gasteiger partial charge in [-0.1, -0.05) is 58.8 Å². The van der Waals surface area contributed by atoms with Gasteiger partial charge in [0.2, 0.25) is 0 Å². The Hall–Kier alpha value is -0.0400. The van der Waals surface area contributed by atoms with Gasteiger partial charge in [-0.25, -0.2) is 0 Å². The molecule has 0 aromatic carbocycles. The maximum atomic E-state index is 10.5. The first-order valence-electron chi connectivity index (χ1n) is 7.78. The zero-order chi connectivity index (χ0) is 12.7. The van der Waals surface area contributed by atoms with Crippen LogP contribution in [0.2, 0.25) is 0 Å². The molecule has 1 heteroatoms. The van der Waals surface area contributed by atoms with Crippen LogP contribution in [0, 0.1) is 11.8 Å². The zero-order valence-corrected chi connectivity index (χ0v) is 12.2. The van der Waals surface area contributed by atoms with Crippen LogP contribution in [0.5, 0.6) is 0 Å². The highest BCUT2D eigenvalue weighted by molar-refractivity contribution is 4.81. The summed E-state index contributed by atoms with van der Waals surface area (Å²) in [5.74, 6) is 1.35. The van der Waals surface area contributed by atoms with Gasteiger partial charge in [0.25, 0.3) is 0 Å². The van der Waals surface area contributed by atoms with Crippen molar-refractivity contribution in [3.05, 3.63) is 0 Å². The molecule has 0 aliphatic heterocycles. The summed E-state index contributed by atoms with van der Waals surface area (Å²) in [4.78, 5) is 0. The number of hydrogen-bond acceptors (Lipinski definition) is 1. The molecule has 1 saturated carbocycles. The molecule has 102 valence electrons. The molecule has 0 amide bonds. The van der Waals surface area contributed by atoms with Crippen molar-refractivity contribution in [3.63, 3.8) is 0 Å². The molecule has 0 saturated heterocycles. The fourth-order valence-electron chi connectivity index (χ4n) is 3.04. The molecule has 17 heavy (non-hydrogen) atoms. The van der Waals surface area contributed by atoms with E-state index in [2.05, 4.69) is 20.8 Å². The first kappa shape index (κ1) is 15.0. The number of unbranched alkanes of at least 4 members (excludes halogenated alkanes) is 1. The maximum Gasteiger partial charge on any atom is 0.0645 e. The van der Waals surface area contributed by atoms with Crippen LogP contribution in [-0.4, -0.2) is 10.7 Å². The Balaban J connectivity index is 2.26. The van der Waals surface area contributed by atoms with Crippen LogP contribution in [-0.2, 0) is 0 Å². The summed E-state index contributed by atoms with van der Waals surface area (Å²) < 4.78 is 0. The van der Waals surface area contributed by atoms with Gasteiger partial charge in [0, 0.05) is 0 Å². The highest BCUT2D eigenvalue weighted by atomic mass is 16.3. The van der Waals surface area contributed by atoms with E-state index >= 15 is 0 Å². The second kappa shape index (κ2) is 7.41. The number of aliphatic hydroxyl groups is 1. The minimum absolute atomic E-state index is 0.438. The van der Waals surface area contributed by atoms with Gasteiger partial charge in [-0.3, -0.25) is 0 Å². The van der Waals surface area contributed by atoms with E-state index in [9.17, 15) is 5.11 Å². The summed E-state index contributed by atoms with van der Waals surface area (Å²) in [6.07, 6.45) is 13.0. The molecule has 0 spiro atoms. The van der Waals surface area contributed by atoms with Crippen molar-refractivity contribution in [2.45, 2.75) is 90.6 Å². The Kier molecular flexibility index (Phi) is 6.54. The van der Waals surface area contributed by atoms with Gasteiger partial charge in [-0.15, -0.1) is 0 Å². The lowest BCUT2D eigenvalue weighted by molar-refractivity contribution is -0.0120. The topological polar surface area (TPSA) is 20.2 Å². The van der Waals surface area contributed by atoms with Crippen molar-refractivity contribution in [1.29, 1.82) is 0 Å². The quantitative estimate of drug-likeness (QED) is 0.669. The first-order valence-corrected chi connectivity index (χ1v) is 7.78. The summed E-state index contributed by atoms with van der Waals surface area (Å²) >= 11 is 0. The van der Waals surface area contributed by atoms with E-state index in [0.29, 0.717) is 5.92 Å². The van der Waals surface area contributed by atoms with Crippen molar-refractivity contribution in [1.82, 2.24) is 0 Å². The van der Waals surface area contributed by atoms with Gasteiger partial charge in [0.1, 0.15) is 0 Å². The van der Waals surface area contributed by atoms with E-state index in [-0.39, 0.29) is 0 Å². The fraction of sp³-hybridized carbons (Fsp3) is 1.00. The van der Waals surface area contributed by atoms with Gasteiger partial charge in [-0.2, -0.15) is 0 Å². The second-order valence-electron chi connectivity index (χ2n) is 6.44. The smallest absolute Gasteiger partial charge is 0.0645 e. The molecule has 1 aliphatic carbocycles. The molecule has 0 radical (unpaired) electrons. The third-order valence-corrected chi connectivity index (χ3v) is 4.84. The fourth-order valence-corrected chi connectivity index (χ4v) is 3.04. The van der Waals surface area contributed by atoms with E-state index < -0.39 is 5.60 Å². The van der Waals surface area contributed by atoms with Gasteiger partial charge >= 0.3 is 0 Å². The lowest BCUT2D eigenvalue weighted by Gasteiger charge is -2.33. The Morgan fingerprint density at radius 3 is 2.47 bits per heavy atom. The number of hydrogen-bond donors (Lipinski definition) is 1. The lowest BCUT2D eigenvalue weighted by atomic mass is 9.78. The van der Waals surface area contributed by atoms with Crippen molar-refractivity contribution < 1.29 is 5.11 Å². The lowest BCUT2D eigenvalue weighted by Crippen LogP contribution is -2.33. The van der Waals surface area contributed by atoms with Crippen LogP contribution in [0.1, 0.15) is 85.0 Å². The molecule has 1 aliphatic rings. The van der Waals surface area contributed by atoms with Crippen molar-refractivity contribution >= 4 is 0 Å². The van der Waals surface area contributed by atoms with E-state index in [4.69, 9.17) is 0 Å². The van der Waals surface area contributed by atoms with Crippen molar-refractivity contribution in [2.24, 2.45) is 11.8 Å². The monoisotopic (exact) mass is 240 g/mol. The molecule has 0 aromatic rings. The molecule has 0 aromatic heterocycles. The number of rotatable bonds is 7. The van der Waals surface area contributed by atoms with Crippen molar-refractivity contribution in [2.75, 3.05) is 0 Å². The van der Waals surface area contributed by atoms with E-state index in [1.165, 1.54) is 57.8 Å². The summed E-state index contributed by atoms with van der Waals surface area (Å²) in [7, 11) is 0. The molecule has 2 atom stereocenters. The van der Waals surface area contributed by atoms with E-state index in [1.54, 1.807) is 0 Å². The molecule has 0 heterocycles. The Morgan fingerprint density at radius 1 is 1.24 bits per heavy atom. The average Bonchev–Trinajstić information content (AvgIpc) is 2.35. The van der Waals surface area contributed by atoms with Crippen LogP contribution >= 0.6 is 0 Å². The Labute approximate surface area is 108 Å². The summed E-state index contributed by atoms with van der Waals surface area (Å²) in [5.41, 5.74) is -0.438. The van der Waals surface area contributed by atoms with Gasteiger partial charge in [0.15, 0.2) is 0 Å². The standard InChI is InChI=1S/C16H32O/c1-4-5-9-14(2)16(3,17)13-12-15-10-7-6-8-11-15/h14-15,17H,4-13H2,1-3H3. The minimum Gasteiger partial charge on any atom is -0.390 e. The zero-order valence-electron chi connectivity index (χ0n) is 12.2. The average molecular weight is 240 g/mol. The summed E-state index contributed by atoms with van der Waals surface area (Å²) in [6.45, 7) is 6.50. The van der Waals surface area contributed by atoms with Gasteiger partial charge in [-0.05, 0) is 38.0 Å². The molecule has 1 rings (SSSR count). The minimum atomic E-state index is -0.438. The van der Waals surface area contributed by atoms with E-state index in [1.807, 2.05) is 0 Å². The highest BCUT2D eigenvalue weighted by Gasteiger charge is 2.28. The molecular formula is C16H32O. The van der Waals surface area contributed by atoms with Gasteiger partial charge < -0.3 is 5.11 Å². The van der Waals surface area contributed by atoms with Crippen LogP contribution in [0.3, 0.4) is 0 Å². The third-order valence-electron chi connectivity index (χ3n) is 4.84. The largest absolute Gasteiger partial charge is 0.390 e. The summed E-state index contributed by atoms with van der Waals surface area (Å²) in [6, 6.07) is 0. The summed E-state index contributed by atoms with van der Waals surface area (Å²) in [5, 5.41) is 10.5. The van der Waals surface area contributed by atoms with Gasteiger partial charge in [0.05, 0.1) is 5.60 Å². The van der Waals surface area contributed by atoms with E-state index in [0.717, 1.165) is 12.3 Å². The Bertz CT molecular complexity index is 192. The highest BCUT2D eigenvalue weighted by Crippen LogP contribution is 2.33. The molecule has 2 unspecified atom stereocenters. The van der Waals surface area contributed by atoms with Crippen molar-refractivity contribution in [3.8, 4) is 0 Å². The SMILES string of the molecule is CCCCC(C)C(C)(O)CCC1CCCCC1. The normalized spacial score (nSPS) is 23.3. The molecule has 1 fully saturated rings. The first-order chi connectivity index (χ1) is 8.06. The predicted molar refractivity (Wildman–Crippen MR) is 75.1 cm³/mol. The second-order valence-corrected chi connectivity index (χ2v) is 6.44. The van der Waals surface area contributed by atoms with Crippen LogP contribution in [0.15, 0.2) is 0 Å². The molecule has 1 N–H and O–H groups in total. The molecule has 0 bridgehead atoms. The van der Waals surface area contributed by atoms with Crippen LogP contribution in [0.25, 0.3) is 0 Å². The molecular weight excluding hydrogens is 208 g/mol.